The first-order chi connectivity index (χ1) is 16.2. The molecule has 34 heavy (non-hydrogen) atoms. The Morgan fingerprint density at radius 3 is 2.21 bits per heavy atom. The third-order valence-corrected chi connectivity index (χ3v) is 5.01. The number of para-hydroxylation sites is 1. The van der Waals surface area contributed by atoms with Crippen molar-refractivity contribution in [2.24, 2.45) is 5.73 Å². The number of hydrogen-bond donors (Lipinski definition) is 8. The summed E-state index contributed by atoms with van der Waals surface area (Å²) in [4.78, 5) is 62.3. The number of carbonyl (C=O) groups is 5. The topological polar surface area (TPSA) is 224 Å². The van der Waals surface area contributed by atoms with Gasteiger partial charge in [0.2, 0.25) is 17.7 Å². The number of fused-ring (bicyclic) bond motifs is 1. The number of carboxylic acids is 2. The van der Waals surface area contributed by atoms with Gasteiger partial charge in [-0.1, -0.05) is 18.2 Å². The van der Waals surface area contributed by atoms with Crippen LogP contribution in [-0.4, -0.2) is 81.2 Å². The molecule has 1 aromatic carbocycles. The Hall–Kier alpha value is -3.97. The molecule has 1 aromatic heterocycles. The van der Waals surface area contributed by atoms with E-state index in [1.54, 1.807) is 18.3 Å². The molecule has 3 amide bonds. The van der Waals surface area contributed by atoms with Gasteiger partial charge in [0.15, 0.2) is 0 Å². The van der Waals surface area contributed by atoms with Gasteiger partial charge < -0.3 is 42.0 Å². The summed E-state index contributed by atoms with van der Waals surface area (Å²) in [6.07, 6.45) is 0.825. The van der Waals surface area contributed by atoms with E-state index in [2.05, 4.69) is 20.9 Å². The summed E-state index contributed by atoms with van der Waals surface area (Å²) in [6, 6.07) is 2.98. The van der Waals surface area contributed by atoms with Crippen LogP contribution in [0.5, 0.6) is 0 Å². The van der Waals surface area contributed by atoms with Crippen LogP contribution in [0, 0.1) is 0 Å². The molecular formula is C21H27N5O8. The van der Waals surface area contributed by atoms with Crippen LogP contribution < -0.4 is 21.7 Å². The van der Waals surface area contributed by atoms with Crippen molar-refractivity contribution in [1.82, 2.24) is 20.9 Å². The van der Waals surface area contributed by atoms with Crippen LogP contribution in [0.15, 0.2) is 30.5 Å². The van der Waals surface area contributed by atoms with Crippen molar-refractivity contribution in [1.29, 1.82) is 0 Å². The Labute approximate surface area is 193 Å². The SMILES string of the molecule is NCC(=O)NC(CCC(=O)O)C(=O)NC(CO)C(=O)NC(Cc1c[nH]c2ccccc12)C(=O)O. The lowest BCUT2D eigenvalue weighted by atomic mass is 10.0. The maximum absolute atomic E-state index is 12.6. The molecule has 13 nitrogen and oxygen atoms in total. The van der Waals surface area contributed by atoms with Crippen LogP contribution in [0.1, 0.15) is 18.4 Å². The van der Waals surface area contributed by atoms with Gasteiger partial charge in [0.1, 0.15) is 18.1 Å². The normalized spacial score (nSPS) is 13.5. The van der Waals surface area contributed by atoms with Crippen LogP contribution >= 0.6 is 0 Å². The van der Waals surface area contributed by atoms with Crippen LogP contribution in [-0.2, 0) is 30.4 Å². The number of H-pyrrole nitrogens is 1. The molecule has 184 valence electrons. The molecule has 3 unspecified atom stereocenters. The highest BCUT2D eigenvalue weighted by Gasteiger charge is 2.29. The van der Waals surface area contributed by atoms with Gasteiger partial charge in [0.25, 0.3) is 0 Å². The molecule has 13 heteroatoms. The van der Waals surface area contributed by atoms with Crippen LogP contribution in [0.2, 0.25) is 0 Å². The number of aromatic nitrogens is 1. The molecule has 1 heterocycles. The minimum atomic E-state index is -1.54. The third kappa shape index (κ3) is 7.28. The number of benzene rings is 1. The lowest BCUT2D eigenvalue weighted by molar-refractivity contribution is -0.142. The molecule has 2 rings (SSSR count). The number of nitrogens with two attached hydrogens (primary N) is 1. The van der Waals surface area contributed by atoms with E-state index in [9.17, 15) is 34.2 Å². The summed E-state index contributed by atoms with van der Waals surface area (Å²) in [5, 5.41) is 35.5. The highest BCUT2D eigenvalue weighted by molar-refractivity contribution is 5.94. The Balaban J connectivity index is 2.08. The maximum atomic E-state index is 12.6. The first kappa shape index (κ1) is 26.3. The number of rotatable bonds is 13. The summed E-state index contributed by atoms with van der Waals surface area (Å²) >= 11 is 0. The molecule has 0 saturated carbocycles. The summed E-state index contributed by atoms with van der Waals surface area (Å²) in [6.45, 7) is -1.32. The molecule has 0 spiro atoms. The molecule has 3 atom stereocenters. The third-order valence-electron chi connectivity index (χ3n) is 5.01. The van der Waals surface area contributed by atoms with Gasteiger partial charge in [-0.25, -0.2) is 4.79 Å². The minimum Gasteiger partial charge on any atom is -0.481 e. The van der Waals surface area contributed by atoms with Crippen molar-refractivity contribution in [2.75, 3.05) is 13.2 Å². The van der Waals surface area contributed by atoms with E-state index >= 15 is 0 Å². The Morgan fingerprint density at radius 1 is 0.941 bits per heavy atom. The second kappa shape index (κ2) is 12.3. The zero-order chi connectivity index (χ0) is 25.3. The summed E-state index contributed by atoms with van der Waals surface area (Å²) in [7, 11) is 0. The molecule has 9 N–H and O–H groups in total. The van der Waals surface area contributed by atoms with Gasteiger partial charge in [-0.2, -0.15) is 0 Å². The molecule has 0 saturated heterocycles. The monoisotopic (exact) mass is 477 g/mol. The predicted octanol–water partition coefficient (Wildman–Crippen LogP) is -1.93. The van der Waals surface area contributed by atoms with Crippen LogP contribution in [0.4, 0.5) is 0 Å². The van der Waals surface area contributed by atoms with Gasteiger partial charge in [-0.15, -0.1) is 0 Å². The largest absolute Gasteiger partial charge is 0.481 e. The smallest absolute Gasteiger partial charge is 0.326 e. The van der Waals surface area contributed by atoms with Crippen molar-refractivity contribution in [2.45, 2.75) is 37.4 Å². The summed E-state index contributed by atoms with van der Waals surface area (Å²) in [5.41, 5.74) is 6.64. The second-order valence-corrected chi connectivity index (χ2v) is 7.46. The summed E-state index contributed by atoms with van der Waals surface area (Å²) in [5.74, 6) is -5.15. The van der Waals surface area contributed by atoms with E-state index in [0.717, 1.165) is 10.9 Å². The van der Waals surface area contributed by atoms with Gasteiger partial charge in [-0.05, 0) is 18.1 Å². The number of aliphatic hydroxyl groups is 1. The number of aliphatic carboxylic acids is 2. The molecule has 0 aliphatic carbocycles. The number of amides is 3. The highest BCUT2D eigenvalue weighted by Crippen LogP contribution is 2.19. The molecule has 2 aromatic rings. The second-order valence-electron chi connectivity index (χ2n) is 7.46. The van der Waals surface area contributed by atoms with Crippen molar-refractivity contribution in [3.05, 3.63) is 36.0 Å². The van der Waals surface area contributed by atoms with Crippen molar-refractivity contribution >= 4 is 40.6 Å². The van der Waals surface area contributed by atoms with Crippen LogP contribution in [0.3, 0.4) is 0 Å². The number of carboxylic acid groups (broad SMARTS) is 2. The zero-order valence-corrected chi connectivity index (χ0v) is 18.1. The van der Waals surface area contributed by atoms with Crippen molar-refractivity contribution in [3.63, 3.8) is 0 Å². The highest BCUT2D eigenvalue weighted by atomic mass is 16.4. The fraction of sp³-hybridized carbons (Fsp3) is 0.381. The fourth-order valence-electron chi connectivity index (χ4n) is 3.25. The van der Waals surface area contributed by atoms with E-state index in [0.29, 0.717) is 5.56 Å². The first-order valence-corrected chi connectivity index (χ1v) is 10.4. The molecule has 0 aliphatic heterocycles. The van der Waals surface area contributed by atoms with E-state index in [1.807, 2.05) is 12.1 Å². The Kier molecular flexibility index (Phi) is 9.52. The van der Waals surface area contributed by atoms with E-state index in [-0.39, 0.29) is 12.8 Å². The number of aliphatic hydroxyl groups excluding tert-OH is 1. The molecule has 0 fully saturated rings. The minimum absolute atomic E-state index is 0.0645. The fourth-order valence-corrected chi connectivity index (χ4v) is 3.25. The van der Waals surface area contributed by atoms with Gasteiger partial charge >= 0.3 is 11.9 Å². The zero-order valence-electron chi connectivity index (χ0n) is 18.1. The van der Waals surface area contributed by atoms with Crippen molar-refractivity contribution < 1.29 is 39.3 Å². The molecule has 0 aliphatic rings. The van der Waals surface area contributed by atoms with E-state index in [1.165, 1.54) is 0 Å². The van der Waals surface area contributed by atoms with E-state index < -0.39 is 67.4 Å². The van der Waals surface area contributed by atoms with Gasteiger partial charge in [-0.3, -0.25) is 19.2 Å². The molecule has 0 bridgehead atoms. The number of carbonyl (C=O) groups excluding carboxylic acids is 3. The average molecular weight is 477 g/mol. The predicted molar refractivity (Wildman–Crippen MR) is 118 cm³/mol. The lowest BCUT2D eigenvalue weighted by Gasteiger charge is -2.23. The van der Waals surface area contributed by atoms with E-state index in [4.69, 9.17) is 10.8 Å². The Bertz CT molecular complexity index is 1050. The Morgan fingerprint density at radius 2 is 1.59 bits per heavy atom. The number of nitrogens with one attached hydrogen (secondary N) is 4. The molecule has 0 radical (unpaired) electrons. The summed E-state index contributed by atoms with van der Waals surface area (Å²) < 4.78 is 0. The standard InChI is InChI=1S/C21H27N5O8/c22-8-17(28)24-14(5-6-18(29)30)19(31)26-16(10-27)20(32)25-15(21(33)34)7-11-9-23-13-4-2-1-3-12(11)13/h1-4,9,14-16,23,27H,5-8,10,22H2,(H,24,28)(H,25,32)(H,26,31)(H,29,30)(H,33,34). The lowest BCUT2D eigenvalue weighted by Crippen LogP contribution is -2.57. The maximum Gasteiger partial charge on any atom is 0.326 e. The quantitative estimate of drug-likeness (QED) is 0.160. The number of aromatic amines is 1. The van der Waals surface area contributed by atoms with Gasteiger partial charge in [0.05, 0.1) is 13.2 Å². The van der Waals surface area contributed by atoms with Crippen molar-refractivity contribution in [3.8, 4) is 0 Å². The van der Waals surface area contributed by atoms with Gasteiger partial charge in [0, 0.05) is 29.9 Å². The number of hydrogen-bond acceptors (Lipinski definition) is 7. The molecular weight excluding hydrogens is 450 g/mol. The van der Waals surface area contributed by atoms with Crippen LogP contribution in [0.25, 0.3) is 10.9 Å². The average Bonchev–Trinajstić information content (AvgIpc) is 3.21. The first-order valence-electron chi connectivity index (χ1n) is 10.4.